The summed E-state index contributed by atoms with van der Waals surface area (Å²) in [5.74, 6) is -0.237. The molecule has 0 spiro atoms. The van der Waals surface area contributed by atoms with Crippen LogP contribution in [0.25, 0.3) is 0 Å². The van der Waals surface area contributed by atoms with Crippen molar-refractivity contribution in [3.8, 4) is 0 Å². The first-order valence-electron chi connectivity index (χ1n) is 2.83. The molecule has 0 amide bonds. The third kappa shape index (κ3) is 1.87. The predicted octanol–water partition coefficient (Wildman–Crippen LogP) is 4.15. The van der Waals surface area contributed by atoms with Gasteiger partial charge < -0.3 is 0 Å². The molecule has 4 heteroatoms. The molecule has 0 fully saturated rings. The van der Waals surface area contributed by atoms with Crippen LogP contribution in [0.2, 0.25) is 5.02 Å². The summed E-state index contributed by atoms with van der Waals surface area (Å²) < 4.78 is 14.1. The van der Waals surface area contributed by atoms with Crippen LogP contribution in [-0.2, 0) is 0 Å². The zero-order valence-corrected chi connectivity index (χ0v) is 10.1. The molecule has 0 saturated carbocycles. The van der Waals surface area contributed by atoms with Crippen LogP contribution in [0.15, 0.2) is 10.5 Å². The van der Waals surface area contributed by atoms with Crippen molar-refractivity contribution < 1.29 is 4.39 Å². The van der Waals surface area contributed by atoms with Gasteiger partial charge in [-0.3, -0.25) is 0 Å². The minimum absolute atomic E-state index is 0.237. The lowest BCUT2D eigenvalue weighted by molar-refractivity contribution is 0.618. The largest absolute Gasteiger partial charge is 0.206 e. The Balaban J connectivity index is 3.46. The highest BCUT2D eigenvalue weighted by Gasteiger charge is 2.09. The molecule has 11 heavy (non-hydrogen) atoms. The van der Waals surface area contributed by atoms with Gasteiger partial charge in [0, 0.05) is 0 Å². The van der Waals surface area contributed by atoms with Crippen molar-refractivity contribution in [2.75, 3.05) is 0 Å². The van der Waals surface area contributed by atoms with E-state index in [-0.39, 0.29) is 5.82 Å². The Kier molecular flexibility index (Phi) is 3.17. The average molecular weight is 349 g/mol. The Morgan fingerprint density at radius 3 is 2.73 bits per heavy atom. The molecule has 0 aliphatic heterocycles. The van der Waals surface area contributed by atoms with E-state index in [1.807, 2.05) is 22.6 Å². The van der Waals surface area contributed by atoms with Gasteiger partial charge in [-0.05, 0) is 57.1 Å². The smallest absolute Gasteiger partial charge is 0.138 e. The van der Waals surface area contributed by atoms with Gasteiger partial charge in [-0.25, -0.2) is 4.39 Å². The first kappa shape index (κ1) is 9.74. The van der Waals surface area contributed by atoms with Crippen LogP contribution in [0.5, 0.6) is 0 Å². The summed E-state index contributed by atoms with van der Waals surface area (Å²) in [4.78, 5) is 0. The summed E-state index contributed by atoms with van der Waals surface area (Å²) in [7, 11) is 0. The third-order valence-electron chi connectivity index (χ3n) is 1.28. The number of aryl methyl sites for hydroxylation is 1. The molecule has 1 rings (SSSR count). The summed E-state index contributed by atoms with van der Waals surface area (Å²) in [6.07, 6.45) is 0. The van der Waals surface area contributed by atoms with E-state index in [0.29, 0.717) is 13.1 Å². The number of benzene rings is 1. The molecular weight excluding hydrogens is 345 g/mol. The fourth-order valence-electron chi connectivity index (χ4n) is 0.691. The minimum Gasteiger partial charge on any atom is -0.206 e. The van der Waals surface area contributed by atoms with E-state index in [2.05, 4.69) is 15.9 Å². The van der Waals surface area contributed by atoms with Crippen molar-refractivity contribution in [3.63, 3.8) is 0 Å². The monoisotopic (exact) mass is 348 g/mol. The molecule has 0 aromatic heterocycles. The van der Waals surface area contributed by atoms with Crippen molar-refractivity contribution in [2.45, 2.75) is 6.92 Å². The number of hydrogen-bond acceptors (Lipinski definition) is 0. The van der Waals surface area contributed by atoms with E-state index < -0.39 is 0 Å². The van der Waals surface area contributed by atoms with Crippen LogP contribution in [-0.4, -0.2) is 0 Å². The molecule has 1 aromatic carbocycles. The van der Waals surface area contributed by atoms with Crippen molar-refractivity contribution in [2.24, 2.45) is 0 Å². The third-order valence-corrected chi connectivity index (χ3v) is 4.59. The Morgan fingerprint density at radius 2 is 2.18 bits per heavy atom. The zero-order chi connectivity index (χ0) is 8.59. The Bertz CT molecular complexity index is 275. The Morgan fingerprint density at radius 1 is 1.64 bits per heavy atom. The Labute approximate surface area is 91.4 Å². The molecule has 0 bridgehead atoms. The topological polar surface area (TPSA) is 0 Å². The molecule has 0 heterocycles. The molecule has 1 aromatic rings. The highest BCUT2D eigenvalue weighted by molar-refractivity contribution is 14.1. The van der Waals surface area contributed by atoms with E-state index in [9.17, 15) is 4.39 Å². The lowest BCUT2D eigenvalue weighted by Crippen LogP contribution is -1.87. The van der Waals surface area contributed by atoms with E-state index in [0.717, 1.165) is 5.56 Å². The molecule has 0 nitrogen and oxygen atoms in total. The van der Waals surface area contributed by atoms with Crippen LogP contribution in [0.1, 0.15) is 5.56 Å². The van der Waals surface area contributed by atoms with Crippen molar-refractivity contribution >= 4 is 50.1 Å². The number of hydrogen-bond donors (Lipinski definition) is 0. The standard InChI is InChI=1S/C7H4BrClFI/c1-3-2-4(10)7(11)5(8)6(3)9/h2H,1H3. The second kappa shape index (κ2) is 3.58. The molecule has 0 saturated heterocycles. The van der Waals surface area contributed by atoms with Gasteiger partial charge in [-0.2, -0.15) is 0 Å². The van der Waals surface area contributed by atoms with Gasteiger partial charge in [0.25, 0.3) is 0 Å². The van der Waals surface area contributed by atoms with Crippen LogP contribution >= 0.6 is 50.1 Å². The predicted molar refractivity (Wildman–Crippen MR) is 56.6 cm³/mol. The summed E-state index contributed by atoms with van der Waals surface area (Å²) in [5.41, 5.74) is 0.747. The van der Waals surface area contributed by atoms with Gasteiger partial charge in [0.2, 0.25) is 0 Å². The molecule has 0 aliphatic carbocycles. The summed E-state index contributed by atoms with van der Waals surface area (Å²) in [5, 5.41) is 0.579. The average Bonchev–Trinajstić information content (AvgIpc) is 1.97. The van der Waals surface area contributed by atoms with Crippen molar-refractivity contribution in [1.29, 1.82) is 0 Å². The maximum atomic E-state index is 12.9. The fraction of sp³-hybridized carbons (Fsp3) is 0.143. The highest BCUT2D eigenvalue weighted by Crippen LogP contribution is 2.32. The molecule has 0 unspecified atom stereocenters. The quantitative estimate of drug-likeness (QED) is 0.375. The lowest BCUT2D eigenvalue weighted by atomic mass is 10.2. The van der Waals surface area contributed by atoms with Crippen molar-refractivity contribution in [3.05, 3.63) is 30.5 Å². The second-order valence-corrected chi connectivity index (χ2v) is 4.37. The SMILES string of the molecule is Cc1cc(F)c(I)c(Br)c1Cl. The van der Waals surface area contributed by atoms with Gasteiger partial charge in [-0.15, -0.1) is 0 Å². The van der Waals surface area contributed by atoms with Crippen LogP contribution in [0.3, 0.4) is 0 Å². The second-order valence-electron chi connectivity index (χ2n) is 2.12. The minimum atomic E-state index is -0.237. The van der Waals surface area contributed by atoms with E-state index >= 15 is 0 Å². The summed E-state index contributed by atoms with van der Waals surface area (Å²) >= 11 is 10.9. The van der Waals surface area contributed by atoms with Gasteiger partial charge in [0.05, 0.1) is 13.1 Å². The van der Waals surface area contributed by atoms with E-state index in [1.165, 1.54) is 6.07 Å². The fourth-order valence-corrected chi connectivity index (χ4v) is 1.93. The number of halogens is 4. The van der Waals surface area contributed by atoms with Crippen LogP contribution < -0.4 is 0 Å². The normalized spacial score (nSPS) is 10.3. The van der Waals surface area contributed by atoms with Crippen molar-refractivity contribution in [1.82, 2.24) is 0 Å². The molecule has 0 aliphatic rings. The maximum absolute atomic E-state index is 12.9. The van der Waals surface area contributed by atoms with Gasteiger partial charge in [0.1, 0.15) is 5.82 Å². The lowest BCUT2D eigenvalue weighted by Gasteiger charge is -2.03. The molecular formula is C7H4BrClFI. The first-order valence-corrected chi connectivity index (χ1v) is 5.08. The zero-order valence-electron chi connectivity index (χ0n) is 5.59. The summed E-state index contributed by atoms with van der Waals surface area (Å²) in [6.45, 7) is 1.77. The molecule has 0 atom stereocenters. The highest BCUT2D eigenvalue weighted by atomic mass is 127. The number of rotatable bonds is 0. The Hall–Kier alpha value is 0.650. The molecule has 0 N–H and O–H groups in total. The first-order chi connectivity index (χ1) is 5.04. The van der Waals surface area contributed by atoms with E-state index in [4.69, 9.17) is 11.6 Å². The molecule has 0 radical (unpaired) electrons. The van der Waals surface area contributed by atoms with Gasteiger partial charge in [0.15, 0.2) is 0 Å². The molecule has 60 valence electrons. The van der Waals surface area contributed by atoms with Gasteiger partial charge in [-0.1, -0.05) is 11.6 Å². The van der Waals surface area contributed by atoms with Crippen LogP contribution in [0.4, 0.5) is 4.39 Å². The van der Waals surface area contributed by atoms with Crippen LogP contribution in [0, 0.1) is 16.3 Å². The summed E-state index contributed by atoms with van der Waals surface area (Å²) in [6, 6.07) is 1.43. The van der Waals surface area contributed by atoms with Gasteiger partial charge >= 0.3 is 0 Å². The maximum Gasteiger partial charge on any atom is 0.138 e. The van der Waals surface area contributed by atoms with E-state index in [1.54, 1.807) is 6.92 Å².